The van der Waals surface area contributed by atoms with E-state index in [1.165, 1.54) is 6.26 Å². The molecule has 96 valence electrons. The lowest BCUT2D eigenvalue weighted by Gasteiger charge is -2.38. The maximum absolute atomic E-state index is 12.2. The van der Waals surface area contributed by atoms with Crippen LogP contribution in [0.25, 0.3) is 0 Å². The number of hydrogen-bond acceptors (Lipinski definition) is 3. The first-order valence-corrected chi connectivity index (χ1v) is 8.43. The third-order valence-corrected chi connectivity index (χ3v) is 6.07. The first-order chi connectivity index (χ1) is 7.97. The fourth-order valence-electron chi connectivity index (χ4n) is 3.38. The van der Waals surface area contributed by atoms with Crippen LogP contribution < -0.4 is 0 Å². The first kappa shape index (κ1) is 11.5. The van der Waals surface area contributed by atoms with Gasteiger partial charge in [-0.15, -0.1) is 0 Å². The molecule has 3 rings (SSSR count). The van der Waals surface area contributed by atoms with Gasteiger partial charge in [0.1, 0.15) is 9.84 Å². The minimum absolute atomic E-state index is 0.196. The number of sulfone groups is 1. The molecule has 1 amide bonds. The van der Waals surface area contributed by atoms with E-state index in [0.717, 1.165) is 25.7 Å². The number of piperidine rings is 1. The van der Waals surface area contributed by atoms with Crippen LogP contribution in [0.1, 0.15) is 38.5 Å². The van der Waals surface area contributed by atoms with Gasteiger partial charge in [-0.3, -0.25) is 4.79 Å². The molecule has 0 aromatic rings. The Kier molecular flexibility index (Phi) is 2.51. The quantitative estimate of drug-likeness (QED) is 0.740. The van der Waals surface area contributed by atoms with E-state index in [2.05, 4.69) is 0 Å². The van der Waals surface area contributed by atoms with Crippen LogP contribution in [0.5, 0.6) is 0 Å². The topological polar surface area (TPSA) is 54.5 Å². The van der Waals surface area contributed by atoms with E-state index in [1.54, 1.807) is 0 Å². The molecule has 0 radical (unpaired) electrons. The van der Waals surface area contributed by atoms with Crippen LogP contribution in [0.4, 0.5) is 0 Å². The smallest absolute Gasteiger partial charge is 0.226 e. The largest absolute Gasteiger partial charge is 0.336 e. The molecular weight excluding hydrogens is 238 g/mol. The van der Waals surface area contributed by atoms with Crippen molar-refractivity contribution in [3.63, 3.8) is 0 Å². The monoisotopic (exact) mass is 257 g/mol. The predicted molar refractivity (Wildman–Crippen MR) is 64.2 cm³/mol. The van der Waals surface area contributed by atoms with Gasteiger partial charge in [0.05, 0.1) is 5.25 Å². The van der Waals surface area contributed by atoms with E-state index in [9.17, 15) is 13.2 Å². The third-order valence-electron chi connectivity index (χ3n) is 4.48. The van der Waals surface area contributed by atoms with Crippen molar-refractivity contribution in [3.05, 3.63) is 0 Å². The highest BCUT2D eigenvalue weighted by Crippen LogP contribution is 2.42. The van der Waals surface area contributed by atoms with Crippen LogP contribution in [0.15, 0.2) is 0 Å². The van der Waals surface area contributed by atoms with Crippen molar-refractivity contribution in [1.29, 1.82) is 0 Å². The zero-order chi connectivity index (χ0) is 12.2. The van der Waals surface area contributed by atoms with E-state index in [0.29, 0.717) is 18.7 Å². The number of carbonyl (C=O) groups is 1. The molecule has 5 heteroatoms. The van der Waals surface area contributed by atoms with Crippen molar-refractivity contribution in [1.82, 2.24) is 4.90 Å². The summed E-state index contributed by atoms with van der Waals surface area (Å²) in [5, 5.41) is -0.219. The minimum atomic E-state index is -2.94. The lowest BCUT2D eigenvalue weighted by molar-refractivity contribution is -0.136. The highest BCUT2D eigenvalue weighted by atomic mass is 32.2. The molecule has 2 aliphatic heterocycles. The maximum Gasteiger partial charge on any atom is 0.226 e. The highest BCUT2D eigenvalue weighted by Gasteiger charge is 2.48. The Morgan fingerprint density at radius 1 is 1.06 bits per heavy atom. The van der Waals surface area contributed by atoms with Crippen molar-refractivity contribution in [2.45, 2.75) is 55.9 Å². The highest BCUT2D eigenvalue weighted by molar-refractivity contribution is 7.91. The predicted octanol–water partition coefficient (Wildman–Crippen LogP) is 0.963. The second-order valence-corrected chi connectivity index (χ2v) is 8.15. The van der Waals surface area contributed by atoms with E-state index in [4.69, 9.17) is 0 Å². The van der Waals surface area contributed by atoms with Gasteiger partial charge in [-0.05, 0) is 38.5 Å². The fraction of sp³-hybridized carbons (Fsp3) is 0.917. The minimum Gasteiger partial charge on any atom is -0.336 e. The summed E-state index contributed by atoms with van der Waals surface area (Å²) >= 11 is 0. The van der Waals surface area contributed by atoms with Crippen molar-refractivity contribution < 1.29 is 13.2 Å². The van der Waals surface area contributed by atoms with Crippen LogP contribution in [-0.4, -0.2) is 42.8 Å². The van der Waals surface area contributed by atoms with Crippen molar-refractivity contribution >= 4 is 15.7 Å². The summed E-state index contributed by atoms with van der Waals surface area (Å²) in [6.07, 6.45) is 6.70. The molecule has 2 saturated heterocycles. The second-order valence-electron chi connectivity index (χ2n) is 5.83. The molecule has 1 saturated carbocycles. The Hall–Kier alpha value is -0.580. The Morgan fingerprint density at radius 3 is 2.00 bits per heavy atom. The summed E-state index contributed by atoms with van der Waals surface area (Å²) in [5.41, 5.74) is 0. The Balaban J connectivity index is 1.78. The Morgan fingerprint density at radius 2 is 1.59 bits per heavy atom. The van der Waals surface area contributed by atoms with E-state index in [-0.39, 0.29) is 23.3 Å². The van der Waals surface area contributed by atoms with Crippen LogP contribution in [0.2, 0.25) is 0 Å². The number of amides is 1. The lowest BCUT2D eigenvalue weighted by Crippen LogP contribution is -2.50. The Bertz CT molecular complexity index is 427. The van der Waals surface area contributed by atoms with Crippen molar-refractivity contribution in [3.8, 4) is 0 Å². The molecule has 17 heavy (non-hydrogen) atoms. The molecule has 3 aliphatic rings. The molecule has 3 fully saturated rings. The van der Waals surface area contributed by atoms with Crippen LogP contribution in [0, 0.1) is 5.92 Å². The number of hydrogen-bond donors (Lipinski definition) is 0. The normalized spacial score (nSPS) is 37.2. The standard InChI is InChI=1S/C12H19NO3S/c1-17(15,16)11-6-9-4-5-10(7-11)13(9)12(14)8-2-3-8/h8-11H,2-7H2,1H3. The van der Waals surface area contributed by atoms with E-state index >= 15 is 0 Å². The van der Waals surface area contributed by atoms with Crippen LogP contribution in [0.3, 0.4) is 0 Å². The molecule has 2 atom stereocenters. The van der Waals surface area contributed by atoms with Gasteiger partial charge in [0, 0.05) is 24.3 Å². The van der Waals surface area contributed by atoms with E-state index < -0.39 is 9.84 Å². The Labute approximate surface area is 102 Å². The van der Waals surface area contributed by atoms with Gasteiger partial charge < -0.3 is 4.90 Å². The van der Waals surface area contributed by atoms with Gasteiger partial charge in [-0.2, -0.15) is 0 Å². The molecule has 0 N–H and O–H groups in total. The fourth-order valence-corrected chi connectivity index (χ4v) is 4.52. The zero-order valence-electron chi connectivity index (χ0n) is 10.1. The molecule has 2 heterocycles. The molecule has 2 unspecified atom stereocenters. The molecule has 0 aromatic heterocycles. The summed E-state index contributed by atoms with van der Waals surface area (Å²) in [6.45, 7) is 0. The molecule has 2 bridgehead atoms. The third kappa shape index (κ3) is 1.98. The number of carbonyl (C=O) groups excluding carboxylic acids is 1. The molecule has 0 aromatic carbocycles. The average molecular weight is 257 g/mol. The summed E-state index contributed by atoms with van der Waals surface area (Å²) in [4.78, 5) is 14.2. The zero-order valence-corrected chi connectivity index (χ0v) is 10.9. The summed E-state index contributed by atoms with van der Waals surface area (Å²) < 4.78 is 23.2. The van der Waals surface area contributed by atoms with Gasteiger partial charge in [-0.25, -0.2) is 8.42 Å². The molecular formula is C12H19NO3S. The summed E-state index contributed by atoms with van der Waals surface area (Å²) in [7, 11) is -2.94. The lowest BCUT2D eigenvalue weighted by atomic mass is 10.0. The van der Waals surface area contributed by atoms with Gasteiger partial charge in [0.25, 0.3) is 0 Å². The van der Waals surface area contributed by atoms with Crippen molar-refractivity contribution in [2.75, 3.05) is 6.26 Å². The second kappa shape index (κ2) is 3.70. The van der Waals surface area contributed by atoms with Gasteiger partial charge in [-0.1, -0.05) is 0 Å². The van der Waals surface area contributed by atoms with Gasteiger partial charge >= 0.3 is 0 Å². The van der Waals surface area contributed by atoms with Crippen LogP contribution >= 0.6 is 0 Å². The summed E-state index contributed by atoms with van der Waals surface area (Å²) in [6, 6.07) is 0.392. The summed E-state index contributed by atoms with van der Waals surface area (Å²) in [5.74, 6) is 0.553. The molecule has 4 nitrogen and oxygen atoms in total. The van der Waals surface area contributed by atoms with Crippen LogP contribution in [-0.2, 0) is 14.6 Å². The van der Waals surface area contributed by atoms with E-state index in [1.807, 2.05) is 4.90 Å². The number of rotatable bonds is 2. The van der Waals surface area contributed by atoms with Gasteiger partial charge in [0.15, 0.2) is 0 Å². The number of nitrogens with zero attached hydrogens (tertiary/aromatic N) is 1. The van der Waals surface area contributed by atoms with Gasteiger partial charge in [0.2, 0.25) is 5.91 Å². The number of fused-ring (bicyclic) bond motifs is 2. The molecule has 0 spiro atoms. The average Bonchev–Trinajstić information content (AvgIpc) is 3.03. The van der Waals surface area contributed by atoms with Crippen molar-refractivity contribution in [2.24, 2.45) is 5.92 Å². The maximum atomic E-state index is 12.2. The molecule has 1 aliphatic carbocycles. The first-order valence-electron chi connectivity index (χ1n) is 6.48. The SMILES string of the molecule is CS(=O)(=O)C1CC2CCC(C1)N2C(=O)C1CC1.